The summed E-state index contributed by atoms with van der Waals surface area (Å²) in [6, 6.07) is 6.68. The number of rotatable bonds is 7. The van der Waals surface area contributed by atoms with Crippen molar-refractivity contribution in [2.45, 2.75) is 122 Å². The van der Waals surface area contributed by atoms with E-state index in [1.807, 2.05) is 6.07 Å². The molecule has 0 aliphatic heterocycles. The van der Waals surface area contributed by atoms with E-state index in [4.69, 9.17) is 11.6 Å². The van der Waals surface area contributed by atoms with Gasteiger partial charge >= 0.3 is 218 Å². The molecular formula is C29H47ClN2OSn. The third kappa shape index (κ3) is 5.31. The van der Waals surface area contributed by atoms with Crippen LogP contribution < -0.4 is 3.58 Å². The topological polar surface area (TPSA) is 35.8 Å². The van der Waals surface area contributed by atoms with Crippen molar-refractivity contribution in [1.82, 2.24) is 4.90 Å². The van der Waals surface area contributed by atoms with E-state index >= 15 is 0 Å². The monoisotopic (exact) mass is 594 g/mol. The number of hydrogen-bond donors (Lipinski definition) is 1. The Hall–Kier alpha value is -0.421. The molecule has 0 spiro atoms. The fraction of sp³-hybridized carbons (Fsp3) is 0.759. The molecule has 3 saturated carbocycles. The van der Waals surface area contributed by atoms with E-state index in [2.05, 4.69) is 36.0 Å². The third-order valence-electron chi connectivity index (χ3n) is 9.69. The first-order chi connectivity index (χ1) is 16.7. The Balaban J connectivity index is 1.96. The zero-order valence-electron chi connectivity index (χ0n) is 21.7. The van der Waals surface area contributed by atoms with Gasteiger partial charge in [0.2, 0.25) is 0 Å². The molecule has 0 atom stereocenters. The molecule has 0 aromatic heterocycles. The number of amidine groups is 1. The first kappa shape index (κ1) is 26.6. The molecule has 1 N–H and O–H groups in total. The molecule has 4 rings (SSSR count). The number of nitrogens with zero attached hydrogens (tertiary/aromatic N) is 2. The van der Waals surface area contributed by atoms with Gasteiger partial charge in [0.15, 0.2) is 0 Å². The first-order valence-corrected chi connectivity index (χ1v) is 21.2. The van der Waals surface area contributed by atoms with Crippen molar-refractivity contribution in [3.05, 3.63) is 28.8 Å². The molecule has 3 aliphatic carbocycles. The maximum absolute atomic E-state index is 10.3. The summed E-state index contributed by atoms with van der Waals surface area (Å²) in [5, 5.41) is 15.2. The number of benzene rings is 1. The summed E-state index contributed by atoms with van der Waals surface area (Å²) in [7, 11) is 0. The van der Waals surface area contributed by atoms with Crippen molar-refractivity contribution >= 4 is 39.4 Å². The van der Waals surface area contributed by atoms with E-state index in [9.17, 15) is 5.21 Å². The minimum atomic E-state index is -3.10. The van der Waals surface area contributed by atoms with Crippen LogP contribution in [0.4, 0.5) is 0 Å². The average Bonchev–Trinajstić information content (AvgIpc) is 2.90. The van der Waals surface area contributed by atoms with Gasteiger partial charge in [0.05, 0.1) is 0 Å². The molecule has 0 saturated heterocycles. The van der Waals surface area contributed by atoms with Crippen LogP contribution in [0.2, 0.25) is 16.8 Å². The molecule has 190 valence electrons. The predicted molar refractivity (Wildman–Crippen MR) is 149 cm³/mol. The summed E-state index contributed by atoms with van der Waals surface area (Å²) in [6.07, 6.45) is 21.3. The molecule has 3 fully saturated rings. The van der Waals surface area contributed by atoms with E-state index in [-0.39, 0.29) is 0 Å². The minimum absolute atomic E-state index is 0.792. The van der Waals surface area contributed by atoms with Gasteiger partial charge in [-0.3, -0.25) is 0 Å². The summed E-state index contributed by atoms with van der Waals surface area (Å²) in [4.78, 5) is 2.24. The van der Waals surface area contributed by atoms with Crippen LogP contribution in [-0.2, 0) is 0 Å². The second-order valence-electron chi connectivity index (χ2n) is 11.2. The number of oxime groups is 1. The third-order valence-corrected chi connectivity index (χ3v) is 30.3. The molecule has 1 aromatic carbocycles. The Morgan fingerprint density at radius 2 is 1.26 bits per heavy atom. The van der Waals surface area contributed by atoms with Gasteiger partial charge in [0.25, 0.3) is 0 Å². The molecule has 0 bridgehead atoms. The molecule has 34 heavy (non-hydrogen) atoms. The van der Waals surface area contributed by atoms with Crippen LogP contribution in [0.25, 0.3) is 0 Å². The predicted octanol–water partition coefficient (Wildman–Crippen LogP) is 8.48. The molecule has 3 nitrogen and oxygen atoms in total. The number of hydrogen-bond acceptors (Lipinski definition) is 2. The summed E-state index contributed by atoms with van der Waals surface area (Å²) in [5.41, 5.74) is 1.23. The van der Waals surface area contributed by atoms with Gasteiger partial charge in [0.1, 0.15) is 0 Å². The van der Waals surface area contributed by atoms with Crippen molar-refractivity contribution in [2.75, 3.05) is 13.1 Å². The van der Waals surface area contributed by atoms with Crippen LogP contribution in [0.15, 0.2) is 23.4 Å². The number of halogens is 1. The fourth-order valence-electron chi connectivity index (χ4n) is 8.28. The van der Waals surface area contributed by atoms with Crippen LogP contribution in [0.5, 0.6) is 0 Å². The second kappa shape index (κ2) is 12.7. The van der Waals surface area contributed by atoms with E-state index in [0.29, 0.717) is 0 Å². The molecule has 0 radical (unpaired) electrons. The molecular weight excluding hydrogens is 546 g/mol. The Labute approximate surface area is 217 Å². The molecule has 5 heteroatoms. The van der Waals surface area contributed by atoms with Gasteiger partial charge < -0.3 is 0 Å². The average molecular weight is 594 g/mol. The molecule has 0 unspecified atom stereocenters. The van der Waals surface area contributed by atoms with Crippen molar-refractivity contribution in [2.24, 2.45) is 5.16 Å². The molecule has 1 aromatic rings. The molecule has 0 amide bonds. The first-order valence-electron chi connectivity index (χ1n) is 14.4. The zero-order valence-corrected chi connectivity index (χ0v) is 25.3. The van der Waals surface area contributed by atoms with E-state index < -0.39 is 18.4 Å². The summed E-state index contributed by atoms with van der Waals surface area (Å²) in [5.74, 6) is 0.792. The van der Waals surface area contributed by atoms with Crippen LogP contribution in [0.3, 0.4) is 0 Å². The maximum atomic E-state index is 10.3. The van der Waals surface area contributed by atoms with Gasteiger partial charge in [-0.25, -0.2) is 0 Å². The summed E-state index contributed by atoms with van der Waals surface area (Å²) < 4.78 is 4.39. The van der Waals surface area contributed by atoms with Crippen LogP contribution in [0.1, 0.15) is 116 Å². The van der Waals surface area contributed by atoms with Gasteiger partial charge in [-0.1, -0.05) is 0 Å². The van der Waals surface area contributed by atoms with Crippen LogP contribution in [-0.4, -0.2) is 47.4 Å². The van der Waals surface area contributed by atoms with E-state index in [1.54, 1.807) is 3.58 Å². The summed E-state index contributed by atoms with van der Waals surface area (Å²) >= 11 is 3.76. The Bertz CT molecular complexity index is 761. The summed E-state index contributed by atoms with van der Waals surface area (Å²) in [6.45, 7) is 6.06. The Morgan fingerprint density at radius 1 is 0.824 bits per heavy atom. The van der Waals surface area contributed by atoms with Crippen molar-refractivity contribution in [3.63, 3.8) is 0 Å². The van der Waals surface area contributed by atoms with Crippen LogP contribution in [0, 0.1) is 0 Å². The quantitative estimate of drug-likeness (QED) is 0.113. The van der Waals surface area contributed by atoms with E-state index in [1.165, 1.54) is 102 Å². The Kier molecular flexibility index (Phi) is 9.95. The van der Waals surface area contributed by atoms with Gasteiger partial charge in [-0.2, -0.15) is 0 Å². The molecule has 0 heterocycles. The second-order valence-corrected chi connectivity index (χ2v) is 25.5. The Morgan fingerprint density at radius 3 is 1.65 bits per heavy atom. The SMILES string of the molecule is CCN(CC)C(=NO)c1ccc(Cl)c[c]1[Sn]([CH]1CCCCC1)([CH]1CCCCC1)[CH]1CCCCC1. The van der Waals surface area contributed by atoms with Crippen LogP contribution >= 0.6 is 11.6 Å². The fourth-order valence-corrected chi connectivity index (χ4v) is 32.9. The van der Waals surface area contributed by atoms with Gasteiger partial charge in [0, 0.05) is 0 Å². The zero-order chi connectivity index (χ0) is 24.0. The molecule has 3 aliphatic rings. The van der Waals surface area contributed by atoms with Gasteiger partial charge in [-0.05, 0) is 0 Å². The van der Waals surface area contributed by atoms with E-state index in [0.717, 1.165) is 35.7 Å². The van der Waals surface area contributed by atoms with Crippen molar-refractivity contribution in [1.29, 1.82) is 0 Å². The standard InChI is InChI=1S/C11H14ClN2O.3C6H11.Sn/c1-3-14(4-2)11(13-15)9-5-7-10(12)8-6-9;3*1-2-4-6-5-3-1;/h5,7-8,15H,3-4H2,1-2H3;3*1H,2-6H2;. The van der Waals surface area contributed by atoms with Crippen molar-refractivity contribution in [3.8, 4) is 0 Å². The van der Waals surface area contributed by atoms with Crippen molar-refractivity contribution < 1.29 is 5.21 Å². The van der Waals surface area contributed by atoms with Gasteiger partial charge in [-0.15, -0.1) is 0 Å². The normalized spacial score (nSPS) is 22.1.